The fraction of sp³-hybridized carbons (Fsp3) is 0.556. The summed E-state index contributed by atoms with van der Waals surface area (Å²) in [5.74, 6) is 0.151. The second-order valence-electron chi connectivity index (χ2n) is 6.37. The standard InChI is InChI=1S/C18H27N3O2/c1-20(2)18(23)10-9-15-7-6-8-16(13-15)19-17(22)14-21-11-4-3-5-12-21/h6-8,13H,3-5,9-12,14H2,1-2H3,(H,19,22). The van der Waals surface area contributed by atoms with Crippen molar-refractivity contribution in [2.24, 2.45) is 0 Å². The number of likely N-dealkylation sites (tertiary alicyclic amines) is 1. The van der Waals surface area contributed by atoms with E-state index in [4.69, 9.17) is 0 Å². The lowest BCUT2D eigenvalue weighted by molar-refractivity contribution is -0.128. The molecule has 1 heterocycles. The van der Waals surface area contributed by atoms with Crippen LogP contribution in [-0.2, 0) is 16.0 Å². The lowest BCUT2D eigenvalue weighted by atomic mass is 10.1. The van der Waals surface area contributed by atoms with Gasteiger partial charge in [0.05, 0.1) is 6.54 Å². The Balaban J connectivity index is 1.84. The zero-order chi connectivity index (χ0) is 16.7. The molecule has 5 heteroatoms. The van der Waals surface area contributed by atoms with E-state index in [0.717, 1.165) is 24.3 Å². The molecule has 0 spiro atoms. The van der Waals surface area contributed by atoms with E-state index in [2.05, 4.69) is 10.2 Å². The minimum atomic E-state index is 0.0356. The van der Waals surface area contributed by atoms with Gasteiger partial charge in [-0.05, 0) is 50.0 Å². The number of piperidine rings is 1. The van der Waals surface area contributed by atoms with Gasteiger partial charge in [-0.15, -0.1) is 0 Å². The zero-order valence-corrected chi connectivity index (χ0v) is 14.2. The third-order valence-corrected chi connectivity index (χ3v) is 4.15. The number of aryl methyl sites for hydroxylation is 1. The van der Waals surface area contributed by atoms with Gasteiger partial charge in [0.1, 0.15) is 0 Å². The van der Waals surface area contributed by atoms with Crippen molar-refractivity contribution in [3.8, 4) is 0 Å². The SMILES string of the molecule is CN(C)C(=O)CCc1cccc(NC(=O)CN2CCCCC2)c1. The normalized spacial score (nSPS) is 15.2. The van der Waals surface area contributed by atoms with Gasteiger partial charge in [0, 0.05) is 26.2 Å². The van der Waals surface area contributed by atoms with Gasteiger partial charge >= 0.3 is 0 Å². The maximum Gasteiger partial charge on any atom is 0.238 e. The van der Waals surface area contributed by atoms with E-state index < -0.39 is 0 Å². The first-order valence-corrected chi connectivity index (χ1v) is 8.36. The third-order valence-electron chi connectivity index (χ3n) is 4.15. The van der Waals surface area contributed by atoms with Crippen LogP contribution in [0.5, 0.6) is 0 Å². The number of amides is 2. The highest BCUT2D eigenvalue weighted by atomic mass is 16.2. The number of benzene rings is 1. The second-order valence-corrected chi connectivity index (χ2v) is 6.37. The Labute approximate surface area is 138 Å². The predicted octanol–water partition coefficient (Wildman–Crippen LogP) is 2.13. The molecule has 1 aromatic carbocycles. The highest BCUT2D eigenvalue weighted by Crippen LogP contribution is 2.13. The Morgan fingerprint density at radius 1 is 1.17 bits per heavy atom. The largest absolute Gasteiger partial charge is 0.349 e. The van der Waals surface area contributed by atoms with E-state index in [1.54, 1.807) is 19.0 Å². The second kappa shape index (κ2) is 8.67. The molecule has 0 bridgehead atoms. The summed E-state index contributed by atoms with van der Waals surface area (Å²) >= 11 is 0. The van der Waals surface area contributed by atoms with Crippen LogP contribution in [0, 0.1) is 0 Å². The smallest absolute Gasteiger partial charge is 0.238 e. The Morgan fingerprint density at radius 2 is 1.91 bits per heavy atom. The van der Waals surface area contributed by atoms with Crippen molar-refractivity contribution >= 4 is 17.5 Å². The molecule has 1 fully saturated rings. The summed E-state index contributed by atoms with van der Waals surface area (Å²) in [7, 11) is 3.53. The molecule has 1 aliphatic heterocycles. The third kappa shape index (κ3) is 6.02. The Hall–Kier alpha value is -1.88. The number of anilines is 1. The van der Waals surface area contributed by atoms with Gasteiger partial charge in [-0.1, -0.05) is 18.6 Å². The van der Waals surface area contributed by atoms with Crippen molar-refractivity contribution in [1.29, 1.82) is 0 Å². The molecule has 0 saturated carbocycles. The zero-order valence-electron chi connectivity index (χ0n) is 14.2. The van der Waals surface area contributed by atoms with Gasteiger partial charge in [-0.2, -0.15) is 0 Å². The first-order chi connectivity index (χ1) is 11.0. The average Bonchev–Trinajstić information content (AvgIpc) is 2.53. The van der Waals surface area contributed by atoms with Gasteiger partial charge in [-0.3, -0.25) is 14.5 Å². The molecule has 0 atom stereocenters. The summed E-state index contributed by atoms with van der Waals surface area (Å²) in [5.41, 5.74) is 1.87. The number of hydrogen-bond acceptors (Lipinski definition) is 3. The van der Waals surface area contributed by atoms with Crippen molar-refractivity contribution < 1.29 is 9.59 Å². The summed E-state index contributed by atoms with van der Waals surface area (Å²) in [6, 6.07) is 7.76. The molecular weight excluding hydrogens is 290 g/mol. The molecule has 126 valence electrons. The highest BCUT2D eigenvalue weighted by Gasteiger charge is 2.14. The average molecular weight is 317 g/mol. The van der Waals surface area contributed by atoms with Crippen molar-refractivity contribution in [2.45, 2.75) is 32.1 Å². The molecule has 1 N–H and O–H groups in total. The molecule has 0 unspecified atom stereocenters. The minimum Gasteiger partial charge on any atom is -0.349 e. The molecule has 23 heavy (non-hydrogen) atoms. The van der Waals surface area contributed by atoms with Gasteiger partial charge in [0.2, 0.25) is 11.8 Å². The van der Waals surface area contributed by atoms with Crippen LogP contribution in [0.2, 0.25) is 0 Å². The molecule has 2 rings (SSSR count). The van der Waals surface area contributed by atoms with E-state index in [1.807, 2.05) is 24.3 Å². The van der Waals surface area contributed by atoms with Crippen molar-refractivity contribution in [1.82, 2.24) is 9.80 Å². The van der Waals surface area contributed by atoms with Crippen molar-refractivity contribution in [2.75, 3.05) is 39.0 Å². The van der Waals surface area contributed by atoms with Crippen LogP contribution >= 0.6 is 0 Å². The Bertz CT molecular complexity index is 537. The fourth-order valence-corrected chi connectivity index (χ4v) is 2.80. The quantitative estimate of drug-likeness (QED) is 0.874. The fourth-order valence-electron chi connectivity index (χ4n) is 2.80. The van der Waals surface area contributed by atoms with Gasteiger partial charge in [0.25, 0.3) is 0 Å². The molecular formula is C18H27N3O2. The molecule has 2 amide bonds. The first kappa shape index (κ1) is 17.5. The maximum atomic E-state index is 12.1. The van der Waals surface area contributed by atoms with Crippen LogP contribution < -0.4 is 5.32 Å². The number of nitrogens with one attached hydrogen (secondary N) is 1. The highest BCUT2D eigenvalue weighted by molar-refractivity contribution is 5.92. The molecule has 0 aliphatic carbocycles. The molecule has 0 radical (unpaired) electrons. The predicted molar refractivity (Wildman–Crippen MR) is 92.4 cm³/mol. The van der Waals surface area contributed by atoms with Crippen LogP contribution in [0.4, 0.5) is 5.69 Å². The van der Waals surface area contributed by atoms with Crippen LogP contribution in [-0.4, -0.2) is 55.3 Å². The van der Waals surface area contributed by atoms with Gasteiger partial charge in [-0.25, -0.2) is 0 Å². The van der Waals surface area contributed by atoms with Crippen LogP contribution in [0.25, 0.3) is 0 Å². The van der Waals surface area contributed by atoms with E-state index in [0.29, 0.717) is 19.4 Å². The summed E-state index contributed by atoms with van der Waals surface area (Å²) in [6.07, 6.45) is 4.81. The van der Waals surface area contributed by atoms with Crippen molar-refractivity contribution in [3.63, 3.8) is 0 Å². The molecule has 0 aromatic heterocycles. The summed E-state index contributed by atoms with van der Waals surface area (Å²) in [6.45, 7) is 2.49. The van der Waals surface area contributed by atoms with E-state index in [-0.39, 0.29) is 11.8 Å². The van der Waals surface area contributed by atoms with E-state index in [9.17, 15) is 9.59 Å². The van der Waals surface area contributed by atoms with Crippen molar-refractivity contribution in [3.05, 3.63) is 29.8 Å². The Kier molecular flexibility index (Phi) is 6.59. The molecule has 1 saturated heterocycles. The Morgan fingerprint density at radius 3 is 2.61 bits per heavy atom. The number of hydrogen-bond donors (Lipinski definition) is 1. The number of carbonyl (C=O) groups is 2. The van der Waals surface area contributed by atoms with Crippen LogP contribution in [0.1, 0.15) is 31.2 Å². The molecule has 5 nitrogen and oxygen atoms in total. The lowest BCUT2D eigenvalue weighted by Gasteiger charge is -2.25. The number of rotatable bonds is 6. The van der Waals surface area contributed by atoms with Crippen LogP contribution in [0.3, 0.4) is 0 Å². The van der Waals surface area contributed by atoms with Crippen LogP contribution in [0.15, 0.2) is 24.3 Å². The number of carbonyl (C=O) groups excluding carboxylic acids is 2. The molecule has 1 aliphatic rings. The van der Waals surface area contributed by atoms with E-state index >= 15 is 0 Å². The monoisotopic (exact) mass is 317 g/mol. The summed E-state index contributed by atoms with van der Waals surface area (Å²) < 4.78 is 0. The lowest BCUT2D eigenvalue weighted by Crippen LogP contribution is -2.36. The maximum absolute atomic E-state index is 12.1. The summed E-state index contributed by atoms with van der Waals surface area (Å²) in [4.78, 5) is 27.6. The van der Waals surface area contributed by atoms with Gasteiger partial charge in [0.15, 0.2) is 0 Å². The molecule has 1 aromatic rings. The number of nitrogens with zero attached hydrogens (tertiary/aromatic N) is 2. The van der Waals surface area contributed by atoms with Gasteiger partial charge < -0.3 is 10.2 Å². The first-order valence-electron chi connectivity index (χ1n) is 8.36. The van der Waals surface area contributed by atoms with E-state index in [1.165, 1.54) is 19.3 Å². The minimum absolute atomic E-state index is 0.0356. The topological polar surface area (TPSA) is 52.7 Å². The summed E-state index contributed by atoms with van der Waals surface area (Å²) in [5, 5.41) is 2.96.